The third-order valence-corrected chi connectivity index (χ3v) is 5.14. The summed E-state index contributed by atoms with van der Waals surface area (Å²) in [6.45, 7) is 2.16. The van der Waals surface area contributed by atoms with Crippen molar-refractivity contribution in [3.8, 4) is 5.75 Å². The van der Waals surface area contributed by atoms with Crippen molar-refractivity contribution in [2.24, 2.45) is 0 Å². The van der Waals surface area contributed by atoms with Gasteiger partial charge < -0.3 is 14.4 Å². The van der Waals surface area contributed by atoms with Crippen LogP contribution in [0.5, 0.6) is 5.75 Å². The van der Waals surface area contributed by atoms with Crippen molar-refractivity contribution in [3.05, 3.63) is 95.6 Å². The van der Waals surface area contributed by atoms with Gasteiger partial charge in [-0.1, -0.05) is 48.5 Å². The predicted molar refractivity (Wildman–Crippen MR) is 115 cm³/mol. The van der Waals surface area contributed by atoms with Crippen molar-refractivity contribution >= 4 is 17.6 Å². The van der Waals surface area contributed by atoms with Gasteiger partial charge in [-0.15, -0.1) is 0 Å². The van der Waals surface area contributed by atoms with E-state index in [1.807, 2.05) is 61.5 Å². The Balaban J connectivity index is 1.31. The maximum absolute atomic E-state index is 12.7. The Labute approximate surface area is 175 Å². The lowest BCUT2D eigenvalue weighted by atomic mass is 10.1. The lowest BCUT2D eigenvalue weighted by Crippen LogP contribution is -2.38. The fourth-order valence-electron chi connectivity index (χ4n) is 3.65. The molecule has 0 N–H and O–H groups in total. The van der Waals surface area contributed by atoms with Gasteiger partial charge in [0.15, 0.2) is 6.61 Å². The number of rotatable bonds is 6. The van der Waals surface area contributed by atoms with E-state index < -0.39 is 5.97 Å². The van der Waals surface area contributed by atoms with Crippen LogP contribution in [0.1, 0.15) is 28.4 Å². The number of esters is 1. The highest BCUT2D eigenvalue weighted by atomic mass is 16.5. The maximum atomic E-state index is 12.7. The molecule has 5 nitrogen and oxygen atoms in total. The minimum atomic E-state index is -0.530. The summed E-state index contributed by atoms with van der Waals surface area (Å²) in [6.07, 6.45) is 0.806. The van der Waals surface area contributed by atoms with Crippen LogP contribution in [0, 0.1) is 0 Å². The zero-order valence-electron chi connectivity index (χ0n) is 16.8. The molecule has 0 aromatic heterocycles. The number of carbonyl (C=O) groups excluding carboxylic acids is 2. The van der Waals surface area contributed by atoms with Crippen LogP contribution in [0.25, 0.3) is 0 Å². The molecule has 0 spiro atoms. The first kappa shape index (κ1) is 19.7. The highest BCUT2D eigenvalue weighted by molar-refractivity contribution is 5.99. The van der Waals surface area contributed by atoms with Crippen LogP contribution in [-0.2, 0) is 22.6 Å². The van der Waals surface area contributed by atoms with Gasteiger partial charge >= 0.3 is 5.97 Å². The number of anilines is 1. The lowest BCUT2D eigenvalue weighted by molar-refractivity contribution is -0.122. The Bertz CT molecular complexity index is 1030. The average Bonchev–Trinajstić information content (AvgIpc) is 3.12. The smallest absolute Gasteiger partial charge is 0.338 e. The van der Waals surface area contributed by atoms with E-state index in [1.54, 1.807) is 29.2 Å². The predicted octanol–water partition coefficient (Wildman–Crippen LogP) is 4.40. The number of fused-ring (bicyclic) bond motifs is 1. The lowest BCUT2D eigenvalue weighted by Gasteiger charge is -2.22. The van der Waals surface area contributed by atoms with Gasteiger partial charge in [0.25, 0.3) is 5.91 Å². The molecule has 0 radical (unpaired) electrons. The number of benzene rings is 3. The highest BCUT2D eigenvalue weighted by Crippen LogP contribution is 2.31. The van der Waals surface area contributed by atoms with Crippen LogP contribution in [0.2, 0.25) is 0 Å². The second-order valence-corrected chi connectivity index (χ2v) is 7.32. The number of para-hydroxylation sites is 1. The molecule has 0 bridgehead atoms. The molecule has 1 atom stereocenters. The highest BCUT2D eigenvalue weighted by Gasteiger charge is 2.31. The van der Waals surface area contributed by atoms with Crippen molar-refractivity contribution in [1.82, 2.24) is 0 Å². The summed E-state index contributed by atoms with van der Waals surface area (Å²) in [6, 6.07) is 24.4. The Morgan fingerprint density at radius 3 is 2.40 bits per heavy atom. The van der Waals surface area contributed by atoms with Gasteiger partial charge in [-0.2, -0.15) is 0 Å². The summed E-state index contributed by atoms with van der Waals surface area (Å²) in [7, 11) is 0. The van der Waals surface area contributed by atoms with E-state index in [9.17, 15) is 9.59 Å². The van der Waals surface area contributed by atoms with Crippen LogP contribution in [0.4, 0.5) is 5.69 Å². The van der Waals surface area contributed by atoms with E-state index in [4.69, 9.17) is 9.47 Å². The quantitative estimate of drug-likeness (QED) is 0.575. The SMILES string of the molecule is C[C@H]1Cc2ccccc2N1C(=O)COC(=O)c1ccc(OCc2ccccc2)cc1. The second kappa shape index (κ2) is 8.82. The van der Waals surface area contributed by atoms with Crippen LogP contribution in [0.3, 0.4) is 0 Å². The standard InChI is InChI=1S/C25H23NO4/c1-18-15-21-9-5-6-10-23(21)26(18)24(27)17-30-25(28)20-11-13-22(14-12-20)29-16-19-7-3-2-4-8-19/h2-14,18H,15-17H2,1H3/t18-/m0/s1. The normalized spacial score (nSPS) is 14.8. The molecule has 4 rings (SSSR count). The molecular formula is C25H23NO4. The molecule has 1 heterocycles. The molecule has 1 amide bonds. The first-order valence-electron chi connectivity index (χ1n) is 9.95. The number of hydrogen-bond donors (Lipinski definition) is 0. The van der Waals surface area contributed by atoms with Crippen molar-refractivity contribution in [2.75, 3.05) is 11.5 Å². The molecule has 30 heavy (non-hydrogen) atoms. The molecule has 3 aromatic rings. The summed E-state index contributed by atoms with van der Waals surface area (Å²) >= 11 is 0. The van der Waals surface area contributed by atoms with E-state index in [0.717, 1.165) is 23.2 Å². The van der Waals surface area contributed by atoms with Crippen LogP contribution in [-0.4, -0.2) is 24.5 Å². The molecule has 5 heteroatoms. The van der Waals surface area contributed by atoms with Crippen LogP contribution >= 0.6 is 0 Å². The van der Waals surface area contributed by atoms with Gasteiger partial charge in [0.2, 0.25) is 0 Å². The summed E-state index contributed by atoms with van der Waals surface area (Å²) in [5.41, 5.74) is 3.48. The molecule has 0 fully saturated rings. The van der Waals surface area contributed by atoms with E-state index >= 15 is 0 Å². The Kier molecular flexibility index (Phi) is 5.80. The molecule has 0 aliphatic carbocycles. The van der Waals surface area contributed by atoms with Crippen molar-refractivity contribution in [2.45, 2.75) is 26.0 Å². The zero-order valence-corrected chi connectivity index (χ0v) is 16.8. The van der Waals surface area contributed by atoms with Gasteiger partial charge in [0, 0.05) is 11.7 Å². The fraction of sp³-hybridized carbons (Fsp3) is 0.200. The second-order valence-electron chi connectivity index (χ2n) is 7.32. The van der Waals surface area contributed by atoms with Crippen LogP contribution in [0.15, 0.2) is 78.9 Å². The monoisotopic (exact) mass is 401 g/mol. The largest absolute Gasteiger partial charge is 0.489 e. The van der Waals surface area contributed by atoms with Gasteiger partial charge in [-0.05, 0) is 54.8 Å². The number of amides is 1. The van der Waals surface area contributed by atoms with Gasteiger partial charge in [0.05, 0.1) is 5.56 Å². The third kappa shape index (κ3) is 4.35. The van der Waals surface area contributed by atoms with E-state index in [-0.39, 0.29) is 18.6 Å². The molecule has 0 unspecified atom stereocenters. The van der Waals surface area contributed by atoms with Gasteiger partial charge in [-0.25, -0.2) is 4.79 Å². The topological polar surface area (TPSA) is 55.8 Å². The van der Waals surface area contributed by atoms with Crippen molar-refractivity contribution < 1.29 is 19.1 Å². The van der Waals surface area contributed by atoms with Crippen molar-refractivity contribution in [1.29, 1.82) is 0 Å². The number of nitrogens with zero attached hydrogens (tertiary/aromatic N) is 1. The first-order valence-corrected chi connectivity index (χ1v) is 9.95. The summed E-state index contributed by atoms with van der Waals surface area (Å²) in [4.78, 5) is 26.7. The summed E-state index contributed by atoms with van der Waals surface area (Å²) < 4.78 is 11.0. The number of carbonyl (C=O) groups is 2. The summed E-state index contributed by atoms with van der Waals surface area (Å²) in [5.74, 6) is -0.0873. The number of hydrogen-bond acceptors (Lipinski definition) is 4. The molecule has 0 saturated heterocycles. The van der Waals surface area contributed by atoms with Gasteiger partial charge in [-0.3, -0.25) is 4.79 Å². The Morgan fingerprint density at radius 1 is 0.933 bits per heavy atom. The molecule has 1 aliphatic heterocycles. The molecular weight excluding hydrogens is 378 g/mol. The molecule has 0 saturated carbocycles. The number of ether oxygens (including phenoxy) is 2. The maximum Gasteiger partial charge on any atom is 0.338 e. The third-order valence-electron chi connectivity index (χ3n) is 5.14. The van der Waals surface area contributed by atoms with E-state index in [0.29, 0.717) is 17.9 Å². The molecule has 152 valence electrons. The van der Waals surface area contributed by atoms with Gasteiger partial charge in [0.1, 0.15) is 12.4 Å². The Hall–Kier alpha value is -3.60. The Morgan fingerprint density at radius 2 is 1.63 bits per heavy atom. The summed E-state index contributed by atoms with van der Waals surface area (Å²) in [5, 5.41) is 0. The first-order chi connectivity index (χ1) is 14.6. The van der Waals surface area contributed by atoms with E-state index in [2.05, 4.69) is 0 Å². The minimum Gasteiger partial charge on any atom is -0.489 e. The minimum absolute atomic E-state index is 0.0506. The average molecular weight is 401 g/mol. The van der Waals surface area contributed by atoms with Crippen molar-refractivity contribution in [3.63, 3.8) is 0 Å². The fourth-order valence-corrected chi connectivity index (χ4v) is 3.65. The zero-order chi connectivity index (χ0) is 20.9. The molecule has 3 aromatic carbocycles. The molecule has 1 aliphatic rings. The van der Waals surface area contributed by atoms with Crippen LogP contribution < -0.4 is 9.64 Å². The van der Waals surface area contributed by atoms with E-state index in [1.165, 1.54) is 0 Å².